The largest absolute Gasteiger partial charge is 0.280 e. The lowest BCUT2D eigenvalue weighted by molar-refractivity contribution is 0.601. The van der Waals surface area contributed by atoms with Gasteiger partial charge in [-0.1, -0.05) is 30.3 Å². The topological polar surface area (TPSA) is 80.3 Å². The minimum Gasteiger partial charge on any atom is -0.280 e. The standard InChI is InChI=1S/C15H15NO4S2/c1-21(17,18)15-9-7-14(8-10-15)16-22(19,20)12-11-13-5-3-2-4-6-13/h2-12,16H,1H3. The summed E-state index contributed by atoms with van der Waals surface area (Å²) in [6, 6.07) is 14.6. The molecule has 0 aliphatic heterocycles. The third-order valence-corrected chi connectivity index (χ3v) is 4.92. The van der Waals surface area contributed by atoms with Gasteiger partial charge in [-0.15, -0.1) is 0 Å². The van der Waals surface area contributed by atoms with Crippen LogP contribution in [0.1, 0.15) is 5.56 Å². The van der Waals surface area contributed by atoms with Gasteiger partial charge in [0.05, 0.1) is 10.3 Å². The highest BCUT2D eigenvalue weighted by Gasteiger charge is 2.09. The van der Waals surface area contributed by atoms with Gasteiger partial charge in [-0.25, -0.2) is 16.8 Å². The Balaban J connectivity index is 2.14. The average Bonchev–Trinajstić information content (AvgIpc) is 2.46. The predicted molar refractivity (Wildman–Crippen MR) is 87.6 cm³/mol. The van der Waals surface area contributed by atoms with Crippen LogP contribution in [0, 0.1) is 0 Å². The number of benzene rings is 2. The highest BCUT2D eigenvalue weighted by molar-refractivity contribution is 7.95. The van der Waals surface area contributed by atoms with Gasteiger partial charge in [0.2, 0.25) is 0 Å². The van der Waals surface area contributed by atoms with Crippen molar-refractivity contribution in [2.75, 3.05) is 11.0 Å². The van der Waals surface area contributed by atoms with Gasteiger partial charge < -0.3 is 0 Å². The first kappa shape index (κ1) is 16.3. The van der Waals surface area contributed by atoms with Crippen molar-refractivity contribution in [2.45, 2.75) is 4.90 Å². The summed E-state index contributed by atoms with van der Waals surface area (Å²) in [6.07, 6.45) is 2.57. The Morgan fingerprint density at radius 1 is 0.864 bits per heavy atom. The SMILES string of the molecule is CS(=O)(=O)c1ccc(NS(=O)(=O)C=Cc2ccccc2)cc1. The van der Waals surface area contributed by atoms with Gasteiger partial charge in [0.1, 0.15) is 0 Å². The molecule has 2 aromatic carbocycles. The lowest BCUT2D eigenvalue weighted by Crippen LogP contribution is -2.09. The lowest BCUT2D eigenvalue weighted by Gasteiger charge is -2.05. The summed E-state index contributed by atoms with van der Waals surface area (Å²) >= 11 is 0. The molecule has 0 saturated heterocycles. The Morgan fingerprint density at radius 2 is 1.45 bits per heavy atom. The van der Waals surface area contributed by atoms with Gasteiger partial charge in [-0.3, -0.25) is 4.72 Å². The van der Waals surface area contributed by atoms with Crippen LogP contribution in [-0.4, -0.2) is 23.1 Å². The van der Waals surface area contributed by atoms with E-state index in [0.717, 1.165) is 17.2 Å². The second-order valence-corrected chi connectivity index (χ2v) is 8.24. The molecule has 0 aliphatic rings. The van der Waals surface area contributed by atoms with E-state index in [1.54, 1.807) is 12.1 Å². The van der Waals surface area contributed by atoms with Crippen LogP contribution in [0.5, 0.6) is 0 Å². The van der Waals surface area contributed by atoms with E-state index in [1.165, 1.54) is 30.3 Å². The minimum atomic E-state index is -3.66. The lowest BCUT2D eigenvalue weighted by atomic mass is 10.2. The van der Waals surface area contributed by atoms with Crippen LogP contribution in [0.25, 0.3) is 6.08 Å². The molecule has 0 fully saturated rings. The summed E-state index contributed by atoms with van der Waals surface area (Å²) < 4.78 is 48.9. The molecule has 0 bridgehead atoms. The zero-order valence-corrected chi connectivity index (χ0v) is 13.4. The van der Waals surface area contributed by atoms with Gasteiger partial charge in [0.15, 0.2) is 9.84 Å². The summed E-state index contributed by atoms with van der Waals surface area (Å²) in [5.41, 5.74) is 1.06. The van der Waals surface area contributed by atoms with E-state index in [1.807, 2.05) is 18.2 Å². The second kappa shape index (κ2) is 6.33. The maximum atomic E-state index is 11.9. The van der Waals surface area contributed by atoms with Crippen molar-refractivity contribution in [1.29, 1.82) is 0 Å². The van der Waals surface area contributed by atoms with Crippen LogP contribution in [0.4, 0.5) is 5.69 Å². The molecule has 116 valence electrons. The number of anilines is 1. The van der Waals surface area contributed by atoms with Crippen molar-refractivity contribution >= 4 is 31.6 Å². The van der Waals surface area contributed by atoms with Gasteiger partial charge in [-0.05, 0) is 35.9 Å². The molecule has 2 rings (SSSR count). The highest BCUT2D eigenvalue weighted by atomic mass is 32.2. The molecule has 0 amide bonds. The third-order valence-electron chi connectivity index (χ3n) is 2.78. The van der Waals surface area contributed by atoms with Crippen molar-refractivity contribution in [3.8, 4) is 0 Å². The van der Waals surface area contributed by atoms with E-state index in [2.05, 4.69) is 4.72 Å². The van der Waals surface area contributed by atoms with Crippen molar-refractivity contribution in [3.63, 3.8) is 0 Å². The molecule has 0 aromatic heterocycles. The summed E-state index contributed by atoms with van der Waals surface area (Å²) in [5, 5.41) is 1.06. The molecule has 0 spiro atoms. The van der Waals surface area contributed by atoms with E-state index < -0.39 is 19.9 Å². The molecule has 5 nitrogen and oxygen atoms in total. The quantitative estimate of drug-likeness (QED) is 0.909. The fourth-order valence-corrected chi connectivity index (χ4v) is 3.20. The fraction of sp³-hybridized carbons (Fsp3) is 0.0667. The first-order valence-electron chi connectivity index (χ1n) is 6.32. The molecule has 1 N–H and O–H groups in total. The van der Waals surface area contributed by atoms with Crippen LogP contribution < -0.4 is 4.72 Å². The van der Waals surface area contributed by atoms with Crippen LogP contribution in [0.2, 0.25) is 0 Å². The van der Waals surface area contributed by atoms with E-state index in [9.17, 15) is 16.8 Å². The highest BCUT2D eigenvalue weighted by Crippen LogP contribution is 2.15. The number of rotatable bonds is 5. The Morgan fingerprint density at radius 3 is 2.00 bits per heavy atom. The molecular formula is C15H15NO4S2. The van der Waals surface area contributed by atoms with Crippen molar-refractivity contribution in [3.05, 3.63) is 65.6 Å². The number of hydrogen-bond donors (Lipinski definition) is 1. The number of hydrogen-bond acceptors (Lipinski definition) is 4. The van der Waals surface area contributed by atoms with Gasteiger partial charge >= 0.3 is 0 Å². The van der Waals surface area contributed by atoms with Crippen molar-refractivity contribution in [1.82, 2.24) is 0 Å². The molecular weight excluding hydrogens is 322 g/mol. The van der Waals surface area contributed by atoms with E-state index >= 15 is 0 Å². The summed E-state index contributed by atoms with van der Waals surface area (Å²) in [5.74, 6) is 0. The smallest absolute Gasteiger partial charge is 0.255 e. The van der Waals surface area contributed by atoms with E-state index in [4.69, 9.17) is 0 Å². The molecule has 0 heterocycles. The molecule has 0 atom stereocenters. The fourth-order valence-electron chi connectivity index (χ4n) is 1.70. The number of sulfone groups is 1. The Hall–Kier alpha value is -2.12. The van der Waals surface area contributed by atoms with Crippen LogP contribution in [-0.2, 0) is 19.9 Å². The number of nitrogens with one attached hydrogen (secondary N) is 1. The molecule has 22 heavy (non-hydrogen) atoms. The Bertz CT molecular complexity index is 869. The van der Waals surface area contributed by atoms with Crippen molar-refractivity contribution in [2.24, 2.45) is 0 Å². The zero-order chi connectivity index (χ0) is 16.2. The average molecular weight is 337 g/mol. The molecule has 2 aromatic rings. The van der Waals surface area contributed by atoms with Gasteiger partial charge in [-0.2, -0.15) is 0 Å². The van der Waals surface area contributed by atoms with E-state index in [-0.39, 0.29) is 4.90 Å². The van der Waals surface area contributed by atoms with Crippen LogP contribution in [0.3, 0.4) is 0 Å². The monoisotopic (exact) mass is 337 g/mol. The second-order valence-electron chi connectivity index (χ2n) is 4.66. The van der Waals surface area contributed by atoms with Gasteiger partial charge in [0, 0.05) is 11.9 Å². The first-order valence-corrected chi connectivity index (χ1v) is 9.76. The Labute approximate surface area is 130 Å². The Kier molecular flexibility index (Phi) is 4.68. The maximum Gasteiger partial charge on any atom is 0.255 e. The summed E-state index contributed by atoms with van der Waals surface area (Å²) in [4.78, 5) is 0.135. The minimum absolute atomic E-state index is 0.135. The molecule has 0 radical (unpaired) electrons. The molecule has 7 heteroatoms. The van der Waals surface area contributed by atoms with E-state index in [0.29, 0.717) is 5.69 Å². The summed E-state index contributed by atoms with van der Waals surface area (Å²) in [7, 11) is -6.96. The number of sulfonamides is 1. The zero-order valence-electron chi connectivity index (χ0n) is 11.8. The predicted octanol–water partition coefficient (Wildman–Crippen LogP) is 2.50. The molecule has 0 saturated carbocycles. The first-order chi connectivity index (χ1) is 10.3. The van der Waals surface area contributed by atoms with Gasteiger partial charge in [0.25, 0.3) is 10.0 Å². The molecule has 0 aliphatic carbocycles. The summed E-state index contributed by atoms with van der Waals surface area (Å²) in [6.45, 7) is 0. The van der Waals surface area contributed by atoms with Crippen LogP contribution in [0.15, 0.2) is 64.9 Å². The third kappa shape index (κ3) is 4.71. The normalized spacial score (nSPS) is 12.4. The molecule has 0 unspecified atom stereocenters. The maximum absolute atomic E-state index is 11.9. The van der Waals surface area contributed by atoms with Crippen LogP contribution >= 0.6 is 0 Å². The van der Waals surface area contributed by atoms with Crippen molar-refractivity contribution < 1.29 is 16.8 Å².